The maximum atomic E-state index is 13.5. The second-order valence-electron chi connectivity index (χ2n) is 12.0. The molecule has 0 aromatic heterocycles. The fraction of sp³-hybridized carbons (Fsp3) is 0.647. The van der Waals surface area contributed by atoms with E-state index in [1.54, 1.807) is 27.7 Å². The molecule has 1 aromatic carbocycles. The molecule has 260 valence electrons. The van der Waals surface area contributed by atoms with Gasteiger partial charge in [0.05, 0.1) is 12.6 Å². The molecule has 1 aliphatic heterocycles. The molecule has 0 bridgehead atoms. The molecule has 3 atom stereocenters. The van der Waals surface area contributed by atoms with E-state index >= 15 is 0 Å². The van der Waals surface area contributed by atoms with Gasteiger partial charge in [-0.25, -0.2) is 4.79 Å². The second kappa shape index (κ2) is 22.5. The van der Waals surface area contributed by atoms with E-state index < -0.39 is 59.0 Å². The summed E-state index contributed by atoms with van der Waals surface area (Å²) in [5, 5.41) is 7.59. The standard InChI is InChI=1S/C23H37N5O7.C6H6.C3H8.C2H6/c1-5-35-16(29)12-25-22(34)27-18(23(2,3)4)21(33)28-10-6-7-15(28)20(32)26-14(11-13-8-9-13)17(30)19(24)31;1-2-4-6-5-3-1;1-3-2;1-2/h13-15,18H,5-12H2,1-4H3,(H2,24,31)(H,26,32)(H2,25,27,34);1-6H;3H2,1-2H3;1-2H3. The average molecular weight is 648 g/mol. The predicted molar refractivity (Wildman–Crippen MR) is 178 cm³/mol. The van der Waals surface area contributed by atoms with E-state index in [4.69, 9.17) is 10.5 Å². The van der Waals surface area contributed by atoms with E-state index in [1.165, 1.54) is 11.3 Å². The molecular weight excluding hydrogens is 590 g/mol. The molecule has 5 amide bonds. The predicted octanol–water partition coefficient (Wildman–Crippen LogP) is 3.72. The minimum Gasteiger partial charge on any atom is -0.465 e. The number of benzene rings is 1. The number of ketones is 1. The summed E-state index contributed by atoms with van der Waals surface area (Å²) < 4.78 is 4.77. The summed E-state index contributed by atoms with van der Waals surface area (Å²) in [6, 6.07) is 8.42. The first-order valence-corrected chi connectivity index (χ1v) is 16.4. The highest BCUT2D eigenvalue weighted by Gasteiger charge is 2.43. The Kier molecular flexibility index (Phi) is 20.6. The quantitative estimate of drug-likeness (QED) is 0.209. The van der Waals surface area contributed by atoms with Crippen molar-refractivity contribution in [2.45, 2.75) is 112 Å². The molecular formula is C34H57N5O7. The van der Waals surface area contributed by atoms with Crippen LogP contribution in [0.4, 0.5) is 4.79 Å². The molecule has 0 spiro atoms. The van der Waals surface area contributed by atoms with Crippen molar-refractivity contribution in [2.75, 3.05) is 19.7 Å². The molecule has 1 saturated heterocycles. The fourth-order valence-corrected chi connectivity index (χ4v) is 4.41. The van der Waals surface area contributed by atoms with Crippen LogP contribution in [0.2, 0.25) is 0 Å². The van der Waals surface area contributed by atoms with Crippen LogP contribution in [-0.4, -0.2) is 78.2 Å². The lowest BCUT2D eigenvalue weighted by atomic mass is 9.85. The Balaban J connectivity index is 0.00000157. The normalized spacial score (nSPS) is 16.3. The number of urea groups is 1. The van der Waals surface area contributed by atoms with E-state index in [1.807, 2.05) is 50.2 Å². The van der Waals surface area contributed by atoms with Crippen molar-refractivity contribution < 1.29 is 33.5 Å². The summed E-state index contributed by atoms with van der Waals surface area (Å²) in [7, 11) is 0. The number of carbonyl (C=O) groups is 6. The maximum Gasteiger partial charge on any atom is 0.325 e. The van der Waals surface area contributed by atoms with Crippen LogP contribution in [0.15, 0.2) is 36.4 Å². The van der Waals surface area contributed by atoms with Crippen molar-refractivity contribution in [1.82, 2.24) is 20.9 Å². The monoisotopic (exact) mass is 647 g/mol. The number of esters is 1. The van der Waals surface area contributed by atoms with E-state index in [9.17, 15) is 28.8 Å². The van der Waals surface area contributed by atoms with Gasteiger partial charge in [-0.1, -0.05) is 104 Å². The van der Waals surface area contributed by atoms with Gasteiger partial charge in [-0.2, -0.15) is 0 Å². The van der Waals surface area contributed by atoms with Crippen LogP contribution in [0.3, 0.4) is 0 Å². The van der Waals surface area contributed by atoms with Crippen molar-refractivity contribution in [1.29, 1.82) is 0 Å². The van der Waals surface area contributed by atoms with Gasteiger partial charge in [0.25, 0.3) is 5.91 Å². The molecule has 2 aliphatic rings. The number of hydrogen-bond donors (Lipinski definition) is 4. The number of rotatable bonds is 11. The molecule has 1 aliphatic carbocycles. The van der Waals surface area contributed by atoms with E-state index in [0.717, 1.165) is 12.8 Å². The topological polar surface area (TPSA) is 177 Å². The number of primary amides is 1. The highest BCUT2D eigenvalue weighted by molar-refractivity contribution is 6.37. The van der Waals surface area contributed by atoms with Gasteiger partial charge < -0.3 is 31.3 Å². The molecule has 1 saturated carbocycles. The second-order valence-corrected chi connectivity index (χ2v) is 12.0. The van der Waals surface area contributed by atoms with Crippen LogP contribution in [-0.2, 0) is 28.7 Å². The first-order chi connectivity index (χ1) is 21.8. The zero-order chi connectivity index (χ0) is 35.3. The Hall–Kier alpha value is -3.96. The van der Waals surface area contributed by atoms with Crippen LogP contribution in [0.5, 0.6) is 0 Å². The molecule has 12 heteroatoms. The zero-order valence-electron chi connectivity index (χ0n) is 29.0. The summed E-state index contributed by atoms with van der Waals surface area (Å²) in [6.45, 7) is 15.3. The van der Waals surface area contributed by atoms with Crippen LogP contribution >= 0.6 is 0 Å². The van der Waals surface area contributed by atoms with Gasteiger partial charge in [-0.05, 0) is 37.5 Å². The van der Waals surface area contributed by atoms with Crippen LogP contribution in [0, 0.1) is 11.3 Å². The van der Waals surface area contributed by atoms with Gasteiger partial charge in [-0.15, -0.1) is 0 Å². The Morgan fingerprint density at radius 2 is 1.41 bits per heavy atom. The maximum absolute atomic E-state index is 13.5. The van der Waals surface area contributed by atoms with Gasteiger partial charge in [0.1, 0.15) is 18.6 Å². The molecule has 1 aromatic rings. The molecule has 12 nitrogen and oxygen atoms in total. The average Bonchev–Trinajstić information content (AvgIpc) is 3.70. The van der Waals surface area contributed by atoms with Crippen molar-refractivity contribution in [2.24, 2.45) is 17.1 Å². The number of ether oxygens (including phenoxy) is 1. The summed E-state index contributed by atoms with van der Waals surface area (Å²) in [4.78, 5) is 75.5. The summed E-state index contributed by atoms with van der Waals surface area (Å²) in [5.41, 5.74) is 4.44. The van der Waals surface area contributed by atoms with E-state index in [2.05, 4.69) is 29.8 Å². The fourth-order valence-electron chi connectivity index (χ4n) is 4.41. The number of hydrogen-bond acceptors (Lipinski definition) is 7. The third-order valence-corrected chi connectivity index (χ3v) is 6.73. The third kappa shape index (κ3) is 16.4. The van der Waals surface area contributed by atoms with Crippen LogP contribution < -0.4 is 21.7 Å². The third-order valence-electron chi connectivity index (χ3n) is 6.73. The lowest BCUT2D eigenvalue weighted by Crippen LogP contribution is -2.60. The number of carbonyl (C=O) groups excluding carboxylic acids is 6. The molecule has 5 N–H and O–H groups in total. The Morgan fingerprint density at radius 1 is 0.891 bits per heavy atom. The largest absolute Gasteiger partial charge is 0.465 e. The van der Waals surface area contributed by atoms with Gasteiger partial charge in [-0.3, -0.25) is 24.0 Å². The van der Waals surface area contributed by atoms with Gasteiger partial charge >= 0.3 is 12.0 Å². The first kappa shape index (κ1) is 42.0. The van der Waals surface area contributed by atoms with Gasteiger partial charge in [0, 0.05) is 6.54 Å². The summed E-state index contributed by atoms with van der Waals surface area (Å²) in [5.74, 6) is -3.30. The summed E-state index contributed by atoms with van der Waals surface area (Å²) in [6.07, 6.45) is 4.37. The Bertz CT molecular complexity index is 1060. The van der Waals surface area contributed by atoms with E-state index in [-0.39, 0.29) is 19.1 Å². The van der Waals surface area contributed by atoms with Crippen molar-refractivity contribution in [3.05, 3.63) is 36.4 Å². The number of likely N-dealkylation sites (tertiary alicyclic amines) is 1. The van der Waals surface area contributed by atoms with Crippen LogP contribution in [0.25, 0.3) is 0 Å². The number of nitrogens with one attached hydrogen (secondary N) is 3. The Morgan fingerprint density at radius 3 is 1.85 bits per heavy atom. The molecule has 0 radical (unpaired) electrons. The molecule has 3 unspecified atom stereocenters. The minimum atomic E-state index is -1.11. The van der Waals surface area contributed by atoms with Crippen molar-refractivity contribution >= 4 is 35.5 Å². The number of nitrogens with two attached hydrogens (primary N) is 1. The number of amides is 5. The van der Waals surface area contributed by atoms with Crippen molar-refractivity contribution in [3.63, 3.8) is 0 Å². The lowest BCUT2D eigenvalue weighted by molar-refractivity contribution is -0.143. The minimum absolute atomic E-state index is 0.177. The number of nitrogens with zero attached hydrogens (tertiary/aromatic N) is 1. The highest BCUT2D eigenvalue weighted by Crippen LogP contribution is 2.34. The molecule has 3 rings (SSSR count). The lowest BCUT2D eigenvalue weighted by Gasteiger charge is -2.35. The number of Topliss-reactive ketones (excluding diaryl/α,β-unsaturated/α-hetero) is 1. The van der Waals surface area contributed by atoms with Crippen molar-refractivity contribution in [3.8, 4) is 0 Å². The van der Waals surface area contributed by atoms with Crippen LogP contribution in [0.1, 0.15) is 93.9 Å². The highest BCUT2D eigenvalue weighted by atomic mass is 16.5. The molecule has 1 heterocycles. The Labute approximate surface area is 274 Å². The molecule has 46 heavy (non-hydrogen) atoms. The van der Waals surface area contributed by atoms with Gasteiger partial charge in [0.15, 0.2) is 0 Å². The zero-order valence-corrected chi connectivity index (χ0v) is 29.0. The van der Waals surface area contributed by atoms with Gasteiger partial charge in [0.2, 0.25) is 17.6 Å². The van der Waals surface area contributed by atoms with E-state index in [0.29, 0.717) is 25.8 Å². The first-order valence-electron chi connectivity index (χ1n) is 16.4. The smallest absolute Gasteiger partial charge is 0.325 e. The SMILES string of the molecule is CC.CCC.CCOC(=O)CNC(=O)NC(C(=O)N1CCCC1C(=O)NC(CC1CC1)C(=O)C(N)=O)C(C)(C)C.c1ccccc1. The summed E-state index contributed by atoms with van der Waals surface area (Å²) >= 11 is 0. The molecule has 2 fully saturated rings.